The van der Waals surface area contributed by atoms with E-state index in [1.807, 2.05) is 0 Å². The number of likely N-dealkylation sites (N-methyl/N-ethyl adjacent to an activating group) is 1. The highest BCUT2D eigenvalue weighted by molar-refractivity contribution is 6.62. The third-order valence-corrected chi connectivity index (χ3v) is 6.47. The topological polar surface area (TPSA) is 46.1 Å². The van der Waals surface area contributed by atoms with Crippen LogP contribution in [0.15, 0.2) is 29.3 Å². The van der Waals surface area contributed by atoms with Gasteiger partial charge in [-0.2, -0.15) is 0 Å². The lowest BCUT2D eigenvalue weighted by Gasteiger charge is -2.32. The van der Waals surface area contributed by atoms with Gasteiger partial charge in [0.1, 0.15) is 5.84 Å². The fourth-order valence-corrected chi connectivity index (χ4v) is 3.97. The molecule has 1 aromatic rings. The minimum absolute atomic E-state index is 0.270. The largest absolute Gasteiger partial charge is 0.494 e. The first-order valence-electron chi connectivity index (χ1n) is 9.73. The lowest BCUT2D eigenvalue weighted by atomic mass is 9.78. The van der Waals surface area contributed by atoms with E-state index in [1.54, 1.807) is 0 Å². The van der Waals surface area contributed by atoms with E-state index in [0.717, 1.165) is 17.8 Å². The Morgan fingerprint density at radius 3 is 2.35 bits per heavy atom. The Balaban J connectivity index is 1.42. The van der Waals surface area contributed by atoms with E-state index >= 15 is 0 Å². The second-order valence-electron chi connectivity index (χ2n) is 8.82. The van der Waals surface area contributed by atoms with Gasteiger partial charge in [0.05, 0.1) is 29.8 Å². The monoisotopic (exact) mass is 355 g/mol. The highest BCUT2D eigenvalue weighted by Gasteiger charge is 2.51. The Labute approximate surface area is 157 Å². The fraction of sp³-hybridized carbons (Fsp3) is 0.650. The first-order valence-corrected chi connectivity index (χ1v) is 9.73. The normalized spacial score (nSPS) is 30.5. The summed E-state index contributed by atoms with van der Waals surface area (Å²) >= 11 is 0. The number of likely N-dealkylation sites (tertiary alicyclic amines) is 1. The summed E-state index contributed by atoms with van der Waals surface area (Å²) in [6, 6.07) is 9.33. The van der Waals surface area contributed by atoms with Gasteiger partial charge in [-0.1, -0.05) is 24.3 Å². The number of nitrogens with one attached hydrogen (secondary N) is 1. The average molecular weight is 355 g/mol. The van der Waals surface area contributed by atoms with Gasteiger partial charge in [-0.3, -0.25) is 9.89 Å². The Kier molecular flexibility index (Phi) is 4.41. The van der Waals surface area contributed by atoms with Gasteiger partial charge < -0.3 is 14.6 Å². The molecule has 3 heterocycles. The smallest absolute Gasteiger partial charge is 0.399 e. The van der Waals surface area contributed by atoms with Crippen molar-refractivity contribution in [3.05, 3.63) is 29.8 Å². The van der Waals surface area contributed by atoms with Crippen LogP contribution in [0.25, 0.3) is 0 Å². The van der Waals surface area contributed by atoms with Crippen molar-refractivity contribution in [2.24, 2.45) is 4.99 Å². The van der Waals surface area contributed by atoms with Crippen molar-refractivity contribution in [2.45, 2.75) is 63.8 Å². The Morgan fingerprint density at radius 2 is 1.77 bits per heavy atom. The molecule has 6 heteroatoms. The van der Waals surface area contributed by atoms with E-state index in [1.165, 1.54) is 24.9 Å². The third-order valence-electron chi connectivity index (χ3n) is 6.47. The van der Waals surface area contributed by atoms with Gasteiger partial charge in [-0.25, -0.2) is 0 Å². The van der Waals surface area contributed by atoms with Gasteiger partial charge in [-0.05, 0) is 65.2 Å². The molecule has 0 amide bonds. The maximum Gasteiger partial charge on any atom is 0.494 e. The molecule has 2 saturated heterocycles. The second kappa shape index (κ2) is 6.36. The van der Waals surface area contributed by atoms with Crippen LogP contribution in [-0.4, -0.2) is 55.2 Å². The zero-order valence-corrected chi connectivity index (χ0v) is 16.6. The summed E-state index contributed by atoms with van der Waals surface area (Å²) in [6.45, 7) is 10.3. The van der Waals surface area contributed by atoms with E-state index in [4.69, 9.17) is 14.3 Å². The van der Waals surface area contributed by atoms with Gasteiger partial charge in [0.15, 0.2) is 0 Å². The SMILES string of the molecule is CN1CCCC1C1=NCC(c2ccc(B3OC(C)(C)C(C)(C)O3)cc2)N1. The predicted octanol–water partition coefficient (Wildman–Crippen LogP) is 2.12. The van der Waals surface area contributed by atoms with Crippen LogP contribution in [0.4, 0.5) is 0 Å². The van der Waals surface area contributed by atoms with E-state index < -0.39 is 0 Å². The molecule has 2 unspecified atom stereocenters. The van der Waals surface area contributed by atoms with Crippen LogP contribution < -0.4 is 10.8 Å². The quantitative estimate of drug-likeness (QED) is 0.844. The maximum atomic E-state index is 6.15. The molecule has 5 nitrogen and oxygen atoms in total. The van der Waals surface area contributed by atoms with Gasteiger partial charge in [-0.15, -0.1) is 0 Å². The minimum atomic E-state index is -0.306. The fourth-order valence-electron chi connectivity index (χ4n) is 3.97. The molecule has 0 radical (unpaired) electrons. The van der Waals surface area contributed by atoms with Gasteiger partial charge >= 0.3 is 7.12 Å². The van der Waals surface area contributed by atoms with Crippen molar-refractivity contribution in [3.8, 4) is 0 Å². The van der Waals surface area contributed by atoms with Crippen LogP contribution in [0.1, 0.15) is 52.1 Å². The summed E-state index contributed by atoms with van der Waals surface area (Å²) in [5, 5.41) is 3.64. The summed E-state index contributed by atoms with van der Waals surface area (Å²) < 4.78 is 12.3. The molecule has 1 aromatic carbocycles. The van der Waals surface area contributed by atoms with Crippen LogP contribution in [0.5, 0.6) is 0 Å². The summed E-state index contributed by atoms with van der Waals surface area (Å²) in [4.78, 5) is 7.18. The molecule has 3 aliphatic rings. The summed E-state index contributed by atoms with van der Waals surface area (Å²) in [7, 11) is 1.89. The molecule has 0 saturated carbocycles. The zero-order chi connectivity index (χ0) is 18.5. The van der Waals surface area contributed by atoms with Crippen LogP contribution >= 0.6 is 0 Å². The summed E-state index contributed by atoms with van der Waals surface area (Å²) in [6.07, 6.45) is 2.46. The molecular formula is C20H30BN3O2. The molecule has 1 N–H and O–H groups in total. The third kappa shape index (κ3) is 3.08. The highest BCUT2D eigenvalue weighted by Crippen LogP contribution is 2.36. The highest BCUT2D eigenvalue weighted by atomic mass is 16.7. The molecule has 0 aliphatic carbocycles. The van der Waals surface area contributed by atoms with Gasteiger partial charge in [0, 0.05) is 0 Å². The Hall–Kier alpha value is -1.37. The second-order valence-corrected chi connectivity index (χ2v) is 8.82. The van der Waals surface area contributed by atoms with E-state index in [-0.39, 0.29) is 24.4 Å². The lowest BCUT2D eigenvalue weighted by Crippen LogP contribution is -2.41. The maximum absolute atomic E-state index is 6.15. The van der Waals surface area contributed by atoms with Crippen LogP contribution in [-0.2, 0) is 9.31 Å². The molecule has 2 fully saturated rings. The van der Waals surface area contributed by atoms with Crippen molar-refractivity contribution in [1.82, 2.24) is 10.2 Å². The minimum Gasteiger partial charge on any atom is -0.399 e. The number of hydrogen-bond donors (Lipinski definition) is 1. The predicted molar refractivity (Wildman–Crippen MR) is 106 cm³/mol. The van der Waals surface area contributed by atoms with Crippen molar-refractivity contribution in [3.63, 3.8) is 0 Å². The van der Waals surface area contributed by atoms with Crippen LogP contribution in [0.3, 0.4) is 0 Å². The standard InChI is InChI=1S/C20H30BN3O2/c1-19(2)20(3,4)26-21(25-19)15-10-8-14(9-11-15)16-13-22-18(23-16)17-7-6-12-24(17)5/h8-11,16-17H,6-7,12-13H2,1-5H3,(H,22,23). The molecule has 3 aliphatic heterocycles. The molecule has 140 valence electrons. The molecule has 0 bridgehead atoms. The Bertz CT molecular complexity index is 686. The Morgan fingerprint density at radius 1 is 1.12 bits per heavy atom. The summed E-state index contributed by atoms with van der Waals surface area (Å²) in [5.41, 5.74) is 1.73. The van der Waals surface area contributed by atoms with Crippen LogP contribution in [0.2, 0.25) is 0 Å². The molecule has 0 aromatic heterocycles. The zero-order valence-electron chi connectivity index (χ0n) is 16.6. The van der Waals surface area contributed by atoms with Gasteiger partial charge in [0.2, 0.25) is 0 Å². The van der Waals surface area contributed by atoms with Crippen molar-refractivity contribution >= 4 is 18.4 Å². The molecule has 26 heavy (non-hydrogen) atoms. The number of rotatable bonds is 3. The molecule has 2 atom stereocenters. The first kappa shape index (κ1) is 18.0. The first-order chi connectivity index (χ1) is 12.3. The number of hydrogen-bond acceptors (Lipinski definition) is 5. The van der Waals surface area contributed by atoms with Crippen molar-refractivity contribution in [1.29, 1.82) is 0 Å². The number of benzene rings is 1. The van der Waals surface area contributed by atoms with E-state index in [9.17, 15) is 0 Å². The average Bonchev–Trinajstić information content (AvgIpc) is 3.26. The van der Waals surface area contributed by atoms with Crippen molar-refractivity contribution < 1.29 is 9.31 Å². The van der Waals surface area contributed by atoms with Gasteiger partial charge in [0.25, 0.3) is 0 Å². The molecule has 0 spiro atoms. The van der Waals surface area contributed by atoms with Crippen LogP contribution in [0, 0.1) is 0 Å². The lowest BCUT2D eigenvalue weighted by molar-refractivity contribution is 0.00578. The molecular weight excluding hydrogens is 325 g/mol. The number of nitrogens with zero attached hydrogens (tertiary/aromatic N) is 2. The molecule has 4 rings (SSSR count). The van der Waals surface area contributed by atoms with E-state index in [0.29, 0.717) is 6.04 Å². The number of aliphatic imine (C=N–C) groups is 1. The summed E-state index contributed by atoms with van der Waals surface area (Å²) in [5.74, 6) is 1.16. The number of amidine groups is 1. The van der Waals surface area contributed by atoms with E-state index in [2.05, 4.69) is 69.2 Å². The van der Waals surface area contributed by atoms with Crippen molar-refractivity contribution in [2.75, 3.05) is 20.1 Å².